The number of aliphatic carboxylic acids is 1. The highest BCUT2D eigenvalue weighted by molar-refractivity contribution is 6.12. The van der Waals surface area contributed by atoms with Crippen LogP contribution in [0.3, 0.4) is 0 Å². The lowest BCUT2D eigenvalue weighted by molar-refractivity contribution is -0.139. The Bertz CT molecular complexity index is 886. The van der Waals surface area contributed by atoms with Gasteiger partial charge in [-0.2, -0.15) is 0 Å². The van der Waals surface area contributed by atoms with Gasteiger partial charge >= 0.3 is 12.0 Å². The summed E-state index contributed by atoms with van der Waals surface area (Å²) < 4.78 is 0. The van der Waals surface area contributed by atoms with Crippen LogP contribution < -0.4 is 27.0 Å². The molecule has 2 unspecified atom stereocenters. The normalized spacial score (nSPS) is 14.3. The number of amides is 7. The number of rotatable bonds is 17. The number of carbonyl (C=O) groups excluding carboxylic acids is 6. The van der Waals surface area contributed by atoms with Gasteiger partial charge in [0.25, 0.3) is 11.8 Å². The Morgan fingerprint density at radius 3 is 2.14 bits per heavy atom. The van der Waals surface area contributed by atoms with Gasteiger partial charge in [0.2, 0.25) is 17.7 Å². The van der Waals surface area contributed by atoms with Gasteiger partial charge in [-0.25, -0.2) is 4.79 Å². The summed E-state index contributed by atoms with van der Waals surface area (Å²) in [6, 6.07) is -2.78. The minimum Gasteiger partial charge on any atom is -0.480 e. The molecular formula is C23H36N6O8. The summed E-state index contributed by atoms with van der Waals surface area (Å²) in [5.74, 6) is -3.98. The summed E-state index contributed by atoms with van der Waals surface area (Å²) in [5, 5.41) is 18.6. The van der Waals surface area contributed by atoms with E-state index in [4.69, 9.17) is 10.8 Å². The highest BCUT2D eigenvalue weighted by Crippen LogP contribution is 2.09. The molecule has 1 aliphatic heterocycles. The quantitative estimate of drug-likeness (QED) is 0.0995. The SMILES string of the molecule is CC(C)C(NC(=O)CCCCCN1C(=O)C=CC1=O)C(=O)NC(CCCNC(N)=O)C(=O)NCC(=O)O. The predicted octanol–water partition coefficient (Wildman–Crippen LogP) is -1.25. The topological polar surface area (TPSA) is 217 Å². The number of carbonyl (C=O) groups is 7. The molecule has 37 heavy (non-hydrogen) atoms. The monoisotopic (exact) mass is 524 g/mol. The lowest BCUT2D eigenvalue weighted by Gasteiger charge is -2.25. The fraction of sp³-hybridized carbons (Fsp3) is 0.609. The van der Waals surface area contributed by atoms with Gasteiger partial charge in [0.05, 0.1) is 0 Å². The van der Waals surface area contributed by atoms with E-state index in [0.717, 1.165) is 4.90 Å². The summed E-state index contributed by atoms with van der Waals surface area (Å²) in [7, 11) is 0. The van der Waals surface area contributed by atoms with Crippen molar-refractivity contribution in [1.82, 2.24) is 26.2 Å². The minimum absolute atomic E-state index is 0.0910. The van der Waals surface area contributed by atoms with E-state index in [9.17, 15) is 33.6 Å². The molecule has 0 radical (unpaired) electrons. The number of hydrogen-bond donors (Lipinski definition) is 6. The Labute approximate surface area is 214 Å². The van der Waals surface area contributed by atoms with Crippen LogP contribution in [0.15, 0.2) is 12.2 Å². The fourth-order valence-corrected chi connectivity index (χ4v) is 3.50. The van der Waals surface area contributed by atoms with Crippen LogP contribution in [0.25, 0.3) is 0 Å². The smallest absolute Gasteiger partial charge is 0.322 e. The van der Waals surface area contributed by atoms with Gasteiger partial charge in [0.15, 0.2) is 0 Å². The van der Waals surface area contributed by atoms with E-state index in [1.54, 1.807) is 13.8 Å². The van der Waals surface area contributed by atoms with E-state index >= 15 is 0 Å². The molecule has 0 saturated carbocycles. The largest absolute Gasteiger partial charge is 0.480 e. The zero-order chi connectivity index (χ0) is 28.0. The Kier molecular flexibility index (Phi) is 13.4. The maximum Gasteiger partial charge on any atom is 0.322 e. The van der Waals surface area contributed by atoms with Crippen LogP contribution in [0.2, 0.25) is 0 Å². The molecule has 206 valence electrons. The van der Waals surface area contributed by atoms with Gasteiger partial charge in [-0.15, -0.1) is 0 Å². The van der Waals surface area contributed by atoms with Gasteiger partial charge in [-0.3, -0.25) is 33.7 Å². The van der Waals surface area contributed by atoms with Crippen LogP contribution >= 0.6 is 0 Å². The first-order chi connectivity index (χ1) is 17.4. The molecule has 0 aromatic carbocycles. The van der Waals surface area contributed by atoms with Gasteiger partial charge < -0.3 is 32.1 Å². The van der Waals surface area contributed by atoms with Crippen molar-refractivity contribution in [1.29, 1.82) is 0 Å². The molecule has 0 bridgehead atoms. The average Bonchev–Trinajstić information content (AvgIpc) is 3.14. The number of nitrogens with one attached hydrogen (secondary N) is 4. The van der Waals surface area contributed by atoms with E-state index in [2.05, 4.69) is 21.3 Å². The number of unbranched alkanes of at least 4 members (excludes halogenated alkanes) is 2. The lowest BCUT2D eigenvalue weighted by atomic mass is 10.0. The third-order valence-electron chi connectivity index (χ3n) is 5.47. The van der Waals surface area contributed by atoms with Crippen molar-refractivity contribution in [2.45, 2.75) is 64.5 Å². The van der Waals surface area contributed by atoms with Crippen molar-refractivity contribution in [2.75, 3.05) is 19.6 Å². The minimum atomic E-state index is -1.25. The fourth-order valence-electron chi connectivity index (χ4n) is 3.50. The molecule has 0 fully saturated rings. The van der Waals surface area contributed by atoms with Gasteiger partial charge in [0.1, 0.15) is 18.6 Å². The molecule has 7 N–H and O–H groups in total. The molecule has 0 spiro atoms. The summed E-state index contributed by atoms with van der Waals surface area (Å²) >= 11 is 0. The Hall–Kier alpha value is -3.97. The van der Waals surface area contributed by atoms with E-state index < -0.39 is 42.4 Å². The highest BCUT2D eigenvalue weighted by Gasteiger charge is 2.29. The second-order valence-corrected chi connectivity index (χ2v) is 8.87. The van der Waals surface area contributed by atoms with Crippen molar-refractivity contribution < 1.29 is 38.7 Å². The van der Waals surface area contributed by atoms with Crippen molar-refractivity contribution in [2.24, 2.45) is 11.7 Å². The molecular weight excluding hydrogens is 488 g/mol. The van der Waals surface area contributed by atoms with E-state index in [1.165, 1.54) is 12.2 Å². The van der Waals surface area contributed by atoms with E-state index in [-0.39, 0.29) is 56.0 Å². The van der Waals surface area contributed by atoms with Gasteiger partial charge in [0, 0.05) is 31.7 Å². The highest BCUT2D eigenvalue weighted by atomic mass is 16.4. The molecule has 0 saturated heterocycles. The third-order valence-corrected chi connectivity index (χ3v) is 5.47. The number of hydrogen-bond acceptors (Lipinski definition) is 7. The number of nitrogens with zero attached hydrogens (tertiary/aromatic N) is 1. The van der Waals surface area contributed by atoms with Crippen molar-refractivity contribution in [3.8, 4) is 0 Å². The number of carboxylic acids is 1. The summed E-state index contributed by atoms with van der Waals surface area (Å²) in [6.07, 6.45) is 4.53. The predicted molar refractivity (Wildman–Crippen MR) is 130 cm³/mol. The van der Waals surface area contributed by atoms with Crippen LogP contribution in [-0.2, 0) is 28.8 Å². The molecule has 1 aliphatic rings. The van der Waals surface area contributed by atoms with Crippen LogP contribution in [0.1, 0.15) is 52.4 Å². The zero-order valence-corrected chi connectivity index (χ0v) is 21.1. The first kappa shape index (κ1) is 31.1. The summed E-state index contributed by atoms with van der Waals surface area (Å²) in [5.41, 5.74) is 5.01. The number of primary amides is 1. The lowest BCUT2D eigenvalue weighted by Crippen LogP contribution is -2.55. The summed E-state index contributed by atoms with van der Waals surface area (Å²) in [6.45, 7) is 3.22. The number of imide groups is 1. The number of carboxylic acid groups (broad SMARTS) is 1. The Morgan fingerprint density at radius 1 is 0.919 bits per heavy atom. The van der Waals surface area contributed by atoms with Crippen molar-refractivity contribution >= 4 is 41.5 Å². The molecule has 2 atom stereocenters. The maximum atomic E-state index is 12.9. The molecule has 1 heterocycles. The van der Waals surface area contributed by atoms with Crippen molar-refractivity contribution in [3.63, 3.8) is 0 Å². The second-order valence-electron chi connectivity index (χ2n) is 8.87. The summed E-state index contributed by atoms with van der Waals surface area (Å²) in [4.78, 5) is 83.6. The van der Waals surface area contributed by atoms with Crippen LogP contribution in [-0.4, -0.2) is 83.3 Å². The zero-order valence-electron chi connectivity index (χ0n) is 21.1. The Balaban J connectivity index is 2.58. The Morgan fingerprint density at radius 2 is 1.57 bits per heavy atom. The standard InChI is InChI=1S/C23H36N6O8/c1-14(2)20(28-16(30)8-4-3-5-12-29-17(31)9-10-18(29)32)22(36)27-15(7-6-11-25-23(24)37)21(35)26-13-19(33)34/h9-10,14-15,20H,3-8,11-13H2,1-2H3,(H,26,35)(H,27,36)(H,28,30)(H,33,34)(H3,24,25,37). The maximum absolute atomic E-state index is 12.9. The van der Waals surface area contributed by atoms with E-state index in [0.29, 0.717) is 19.3 Å². The first-order valence-electron chi connectivity index (χ1n) is 12.1. The van der Waals surface area contributed by atoms with Gasteiger partial charge in [-0.05, 0) is 31.6 Å². The number of nitrogens with two attached hydrogens (primary N) is 1. The molecule has 7 amide bonds. The number of urea groups is 1. The van der Waals surface area contributed by atoms with Gasteiger partial charge in [-0.1, -0.05) is 20.3 Å². The van der Waals surface area contributed by atoms with Crippen LogP contribution in [0.5, 0.6) is 0 Å². The average molecular weight is 525 g/mol. The first-order valence-corrected chi connectivity index (χ1v) is 12.1. The molecule has 14 nitrogen and oxygen atoms in total. The van der Waals surface area contributed by atoms with Crippen molar-refractivity contribution in [3.05, 3.63) is 12.2 Å². The third kappa shape index (κ3) is 12.0. The van der Waals surface area contributed by atoms with Crippen LogP contribution in [0.4, 0.5) is 4.79 Å². The molecule has 0 aromatic rings. The molecule has 0 aliphatic carbocycles. The van der Waals surface area contributed by atoms with E-state index in [1.807, 2.05) is 0 Å². The van der Waals surface area contributed by atoms with Crippen LogP contribution in [0, 0.1) is 5.92 Å². The second kappa shape index (κ2) is 15.9. The molecule has 14 heteroatoms. The molecule has 1 rings (SSSR count). The molecule has 0 aromatic heterocycles.